The Labute approximate surface area is 134 Å². The lowest BCUT2D eigenvalue weighted by Crippen LogP contribution is -2.53. The molecule has 122 valence electrons. The van der Waals surface area contributed by atoms with Gasteiger partial charge >= 0.3 is 0 Å². The topological polar surface area (TPSA) is 26.3 Å². The Morgan fingerprint density at radius 1 is 1.14 bits per heavy atom. The SMILES string of the molecule is CO[C@@H]1C[C@@H]2[C@H](CC[C@]3(C)C(=O)CC[C@@H]23)[C@@]2(C)CCCC=C12. The van der Waals surface area contributed by atoms with Gasteiger partial charge < -0.3 is 4.74 Å². The van der Waals surface area contributed by atoms with E-state index in [4.69, 9.17) is 4.74 Å². The van der Waals surface area contributed by atoms with Gasteiger partial charge in [-0.3, -0.25) is 4.79 Å². The van der Waals surface area contributed by atoms with E-state index in [0.717, 1.165) is 31.6 Å². The first-order valence-electron chi connectivity index (χ1n) is 9.27. The van der Waals surface area contributed by atoms with Crippen molar-refractivity contribution < 1.29 is 9.53 Å². The molecule has 0 amide bonds. The van der Waals surface area contributed by atoms with E-state index < -0.39 is 0 Å². The molecule has 0 unspecified atom stereocenters. The van der Waals surface area contributed by atoms with E-state index >= 15 is 0 Å². The van der Waals surface area contributed by atoms with Crippen LogP contribution in [0.25, 0.3) is 0 Å². The molecule has 4 aliphatic carbocycles. The van der Waals surface area contributed by atoms with E-state index in [2.05, 4.69) is 19.9 Å². The molecule has 0 aromatic rings. The average molecular weight is 302 g/mol. The van der Waals surface area contributed by atoms with Crippen LogP contribution in [0.15, 0.2) is 11.6 Å². The number of hydrogen-bond acceptors (Lipinski definition) is 2. The highest BCUT2D eigenvalue weighted by Gasteiger charge is 2.60. The number of carbonyl (C=O) groups is 1. The molecule has 0 aromatic carbocycles. The van der Waals surface area contributed by atoms with Crippen LogP contribution >= 0.6 is 0 Å². The van der Waals surface area contributed by atoms with Gasteiger partial charge in [0.2, 0.25) is 0 Å². The van der Waals surface area contributed by atoms with E-state index in [1.165, 1.54) is 25.7 Å². The summed E-state index contributed by atoms with van der Waals surface area (Å²) >= 11 is 0. The molecule has 2 heteroatoms. The van der Waals surface area contributed by atoms with Gasteiger partial charge in [-0.2, -0.15) is 0 Å². The Balaban J connectivity index is 1.74. The first kappa shape index (κ1) is 14.9. The zero-order valence-electron chi connectivity index (χ0n) is 14.4. The quantitative estimate of drug-likeness (QED) is 0.665. The van der Waals surface area contributed by atoms with Gasteiger partial charge in [0.05, 0.1) is 6.10 Å². The van der Waals surface area contributed by atoms with Crippen LogP contribution in [0.4, 0.5) is 0 Å². The van der Waals surface area contributed by atoms with Crippen molar-refractivity contribution in [2.45, 2.75) is 71.3 Å². The van der Waals surface area contributed by atoms with Crippen molar-refractivity contribution in [3.8, 4) is 0 Å². The maximum Gasteiger partial charge on any atom is 0.139 e. The Bertz CT molecular complexity index is 522. The van der Waals surface area contributed by atoms with E-state index in [-0.39, 0.29) is 5.41 Å². The predicted molar refractivity (Wildman–Crippen MR) is 87.5 cm³/mol. The number of hydrogen-bond donors (Lipinski definition) is 0. The van der Waals surface area contributed by atoms with Crippen molar-refractivity contribution >= 4 is 5.78 Å². The number of carbonyl (C=O) groups excluding carboxylic acids is 1. The molecular weight excluding hydrogens is 272 g/mol. The number of methoxy groups -OCH3 is 1. The third kappa shape index (κ3) is 1.79. The molecule has 22 heavy (non-hydrogen) atoms. The highest BCUT2D eigenvalue weighted by atomic mass is 16.5. The van der Waals surface area contributed by atoms with Crippen molar-refractivity contribution in [3.63, 3.8) is 0 Å². The monoisotopic (exact) mass is 302 g/mol. The maximum absolute atomic E-state index is 12.5. The fraction of sp³-hybridized carbons (Fsp3) is 0.850. The molecule has 0 radical (unpaired) electrons. The van der Waals surface area contributed by atoms with Gasteiger partial charge in [-0.25, -0.2) is 0 Å². The summed E-state index contributed by atoms with van der Waals surface area (Å²) in [5, 5.41) is 0. The van der Waals surface area contributed by atoms with E-state index in [1.54, 1.807) is 5.57 Å². The molecule has 0 aliphatic heterocycles. The summed E-state index contributed by atoms with van der Waals surface area (Å²) in [7, 11) is 1.88. The largest absolute Gasteiger partial charge is 0.377 e. The molecule has 0 heterocycles. The number of allylic oxidation sites excluding steroid dienone is 1. The molecule has 0 saturated heterocycles. The summed E-state index contributed by atoms with van der Waals surface area (Å²) < 4.78 is 5.93. The second-order valence-electron chi connectivity index (χ2n) is 8.72. The van der Waals surface area contributed by atoms with Crippen LogP contribution in [0.5, 0.6) is 0 Å². The number of fused-ring (bicyclic) bond motifs is 5. The van der Waals surface area contributed by atoms with Gasteiger partial charge in [-0.1, -0.05) is 19.9 Å². The number of rotatable bonds is 1. The molecule has 0 spiro atoms. The minimum Gasteiger partial charge on any atom is -0.377 e. The van der Waals surface area contributed by atoms with Gasteiger partial charge in [0, 0.05) is 18.9 Å². The van der Waals surface area contributed by atoms with Crippen molar-refractivity contribution in [2.75, 3.05) is 7.11 Å². The van der Waals surface area contributed by atoms with Gasteiger partial charge in [0.25, 0.3) is 0 Å². The van der Waals surface area contributed by atoms with Crippen LogP contribution in [-0.4, -0.2) is 19.0 Å². The average Bonchev–Trinajstić information content (AvgIpc) is 2.82. The summed E-state index contributed by atoms with van der Waals surface area (Å²) in [6.45, 7) is 4.76. The van der Waals surface area contributed by atoms with Crippen LogP contribution in [0, 0.1) is 28.6 Å². The third-order valence-electron chi connectivity index (χ3n) is 8.01. The second-order valence-corrected chi connectivity index (χ2v) is 8.72. The molecular formula is C20H30O2. The lowest BCUT2D eigenvalue weighted by molar-refractivity contribution is -0.134. The summed E-state index contributed by atoms with van der Waals surface area (Å²) in [5.41, 5.74) is 1.90. The lowest BCUT2D eigenvalue weighted by Gasteiger charge is -2.58. The molecule has 0 bridgehead atoms. The molecule has 0 aromatic heterocycles. The van der Waals surface area contributed by atoms with Crippen LogP contribution in [0.2, 0.25) is 0 Å². The normalized spacial score (nSPS) is 50.9. The fourth-order valence-electron chi connectivity index (χ4n) is 6.78. The fourth-order valence-corrected chi connectivity index (χ4v) is 6.78. The van der Waals surface area contributed by atoms with E-state index in [9.17, 15) is 4.79 Å². The zero-order valence-corrected chi connectivity index (χ0v) is 14.4. The van der Waals surface area contributed by atoms with Crippen LogP contribution < -0.4 is 0 Å². The van der Waals surface area contributed by atoms with Gasteiger partial charge in [-0.05, 0) is 73.7 Å². The minimum absolute atomic E-state index is 0.0221. The van der Waals surface area contributed by atoms with E-state index in [0.29, 0.717) is 29.1 Å². The summed E-state index contributed by atoms with van der Waals surface area (Å²) in [6, 6.07) is 0. The molecule has 6 atom stereocenters. The second kappa shape index (κ2) is 4.93. The van der Waals surface area contributed by atoms with Crippen molar-refractivity contribution in [1.82, 2.24) is 0 Å². The van der Waals surface area contributed by atoms with Crippen LogP contribution in [0.3, 0.4) is 0 Å². The Kier molecular flexibility index (Phi) is 3.35. The highest BCUT2D eigenvalue weighted by Crippen LogP contribution is 2.64. The highest BCUT2D eigenvalue weighted by molar-refractivity contribution is 5.87. The smallest absolute Gasteiger partial charge is 0.139 e. The first-order valence-corrected chi connectivity index (χ1v) is 9.27. The molecule has 0 N–H and O–H groups in total. The number of Topliss-reactive ketones (excluding diaryl/α,β-unsaturated/α-hetero) is 1. The Morgan fingerprint density at radius 2 is 1.91 bits per heavy atom. The summed E-state index contributed by atoms with van der Waals surface area (Å²) in [5.74, 6) is 2.61. The van der Waals surface area contributed by atoms with Crippen molar-refractivity contribution in [3.05, 3.63) is 11.6 Å². The zero-order chi connectivity index (χ0) is 15.5. The lowest BCUT2D eigenvalue weighted by atomic mass is 9.47. The molecule has 4 aliphatic rings. The van der Waals surface area contributed by atoms with Gasteiger partial charge in [0.1, 0.15) is 5.78 Å². The van der Waals surface area contributed by atoms with Crippen LogP contribution in [-0.2, 0) is 9.53 Å². The van der Waals surface area contributed by atoms with Crippen molar-refractivity contribution in [2.24, 2.45) is 28.6 Å². The summed E-state index contributed by atoms with van der Waals surface area (Å²) in [6.07, 6.45) is 12.1. The van der Waals surface area contributed by atoms with E-state index in [1.807, 2.05) is 7.11 Å². The van der Waals surface area contributed by atoms with Crippen molar-refractivity contribution in [1.29, 1.82) is 0 Å². The van der Waals surface area contributed by atoms with Gasteiger partial charge in [-0.15, -0.1) is 0 Å². The maximum atomic E-state index is 12.5. The predicted octanol–water partition coefficient (Wildman–Crippen LogP) is 4.53. The third-order valence-corrected chi connectivity index (χ3v) is 8.01. The number of ether oxygens (including phenoxy) is 1. The molecule has 4 rings (SSSR count). The van der Waals surface area contributed by atoms with Crippen LogP contribution in [0.1, 0.15) is 65.2 Å². The van der Waals surface area contributed by atoms with Gasteiger partial charge in [0.15, 0.2) is 0 Å². The summed E-state index contributed by atoms with van der Waals surface area (Å²) in [4.78, 5) is 12.5. The molecule has 3 saturated carbocycles. The molecule has 3 fully saturated rings. The number of ketones is 1. The Morgan fingerprint density at radius 3 is 2.68 bits per heavy atom. The Hall–Kier alpha value is -0.630. The minimum atomic E-state index is -0.0221. The standard InChI is InChI=1S/C20H30O2/c1-19-10-5-4-6-16(19)17(22-3)12-13-14-7-8-18(21)20(14,2)11-9-15(13)19/h6,13-15,17H,4-5,7-12H2,1-3H3/t13-,14-,15-,17+,19+,20-/m0/s1. The molecule has 2 nitrogen and oxygen atoms in total. The first-order chi connectivity index (χ1) is 10.5.